The van der Waals surface area contributed by atoms with Gasteiger partial charge in [-0.2, -0.15) is 0 Å². The first-order valence-electron chi connectivity index (χ1n) is 19.7. The number of likely N-dealkylation sites (tertiary alicyclic amines) is 1. The molecule has 4 aromatic heterocycles. The number of nitrogens with zero attached hydrogens (tertiary/aromatic N) is 5. The first-order valence-corrected chi connectivity index (χ1v) is 19.7. The van der Waals surface area contributed by atoms with Gasteiger partial charge in [0.2, 0.25) is 0 Å². The second kappa shape index (κ2) is 14.4. The topological polar surface area (TPSA) is 160 Å². The number of benzene rings is 2. The lowest BCUT2D eigenvalue weighted by molar-refractivity contribution is -0.121. The maximum absolute atomic E-state index is 13.8. The summed E-state index contributed by atoms with van der Waals surface area (Å²) in [5, 5.41) is 3.92. The number of ketones is 1. The van der Waals surface area contributed by atoms with E-state index < -0.39 is 17.6 Å². The summed E-state index contributed by atoms with van der Waals surface area (Å²) in [5.74, 6) is 1.09. The Morgan fingerprint density at radius 2 is 1.63 bits per heavy atom. The quantitative estimate of drug-likeness (QED) is 0.154. The molecule has 292 valence electrons. The lowest BCUT2D eigenvalue weighted by Crippen LogP contribution is -2.44. The van der Waals surface area contributed by atoms with E-state index in [9.17, 15) is 14.4 Å². The summed E-state index contributed by atoms with van der Waals surface area (Å²) in [6.45, 7) is 6.91. The number of imidazole rings is 2. The molecule has 2 aliphatic heterocycles. The number of alkyl carbamates (subject to hydrolysis) is 1. The van der Waals surface area contributed by atoms with Crippen LogP contribution in [-0.4, -0.2) is 77.7 Å². The Morgan fingerprint density at radius 3 is 2.42 bits per heavy atom. The van der Waals surface area contributed by atoms with Crippen LogP contribution in [0.5, 0.6) is 0 Å². The van der Waals surface area contributed by atoms with Gasteiger partial charge in [0, 0.05) is 59.9 Å². The summed E-state index contributed by atoms with van der Waals surface area (Å²) in [4.78, 5) is 61.9. The molecule has 0 radical (unpaired) electrons. The highest BCUT2D eigenvalue weighted by Gasteiger charge is 2.42. The van der Waals surface area contributed by atoms with Gasteiger partial charge < -0.3 is 29.3 Å². The number of pyridine rings is 1. The van der Waals surface area contributed by atoms with Crippen molar-refractivity contribution in [2.45, 2.75) is 88.9 Å². The molecule has 0 saturated carbocycles. The number of nitrogens with one attached hydrogen (secondary N) is 3. The molecule has 1 fully saturated rings. The van der Waals surface area contributed by atoms with Crippen LogP contribution in [0.4, 0.5) is 9.59 Å². The third-order valence-corrected chi connectivity index (χ3v) is 11.5. The number of H-pyrrole nitrogens is 2. The minimum absolute atomic E-state index is 0.101. The number of Topliss-reactive ketones (excluding diaryl/α,β-unsaturated/α-hetero) is 1. The summed E-state index contributed by atoms with van der Waals surface area (Å²) in [7, 11) is 1.34. The zero-order valence-corrected chi connectivity index (χ0v) is 32.5. The van der Waals surface area contributed by atoms with Crippen LogP contribution in [0.3, 0.4) is 0 Å². The van der Waals surface area contributed by atoms with Gasteiger partial charge in [-0.05, 0) is 81.8 Å². The van der Waals surface area contributed by atoms with Crippen LogP contribution in [-0.2, 0) is 27.2 Å². The van der Waals surface area contributed by atoms with Crippen LogP contribution in [0.2, 0.25) is 0 Å². The lowest BCUT2D eigenvalue weighted by Gasteiger charge is -2.31. The number of aryl methyl sites for hydroxylation is 1. The van der Waals surface area contributed by atoms with Gasteiger partial charge in [-0.3, -0.25) is 9.69 Å². The Hall–Kier alpha value is -6.24. The normalized spacial score (nSPS) is 20.6. The molecule has 1 saturated heterocycles. The number of methoxy groups -OCH3 is 1. The first-order chi connectivity index (χ1) is 27.5. The SMILES string of the molecule is COC(=O)N[C@H]1CCc2ccn3c2C1C(=O)C[C@H](c1ncc(-c2ccc(-c4ccc5cc(-c6cnc([C@@H]7CCCN7C(=O)OC(C)(C)C)[nH]6)ccc5n4)cc2)[nH]1)C3. The molecule has 4 atom stereocenters. The second-order valence-corrected chi connectivity index (χ2v) is 16.4. The molecule has 13 heteroatoms. The van der Waals surface area contributed by atoms with Crippen LogP contribution in [0.25, 0.3) is 44.7 Å². The average molecular weight is 767 g/mol. The maximum Gasteiger partial charge on any atom is 0.410 e. The Kier molecular flexibility index (Phi) is 9.17. The molecule has 6 heterocycles. The number of hydrogen-bond donors (Lipinski definition) is 3. The number of ether oxygens (including phenoxy) is 2. The molecule has 0 spiro atoms. The lowest BCUT2D eigenvalue weighted by atomic mass is 9.79. The van der Waals surface area contributed by atoms with Crippen molar-refractivity contribution in [3.05, 3.63) is 102 Å². The molecule has 3 N–H and O–H groups in total. The number of amides is 2. The fourth-order valence-corrected chi connectivity index (χ4v) is 8.75. The Morgan fingerprint density at radius 1 is 0.895 bits per heavy atom. The van der Waals surface area contributed by atoms with Crippen molar-refractivity contribution in [2.75, 3.05) is 13.7 Å². The molecule has 6 aromatic rings. The molecule has 9 rings (SSSR count). The van der Waals surface area contributed by atoms with Gasteiger partial charge in [-0.25, -0.2) is 24.5 Å². The summed E-state index contributed by atoms with van der Waals surface area (Å²) >= 11 is 0. The predicted molar refractivity (Wildman–Crippen MR) is 214 cm³/mol. The Labute approximate surface area is 330 Å². The molecule has 1 unspecified atom stereocenters. The Balaban J connectivity index is 0.886. The summed E-state index contributed by atoms with van der Waals surface area (Å²) < 4.78 is 12.7. The van der Waals surface area contributed by atoms with E-state index in [1.54, 1.807) is 4.90 Å². The van der Waals surface area contributed by atoms with E-state index in [-0.39, 0.29) is 29.9 Å². The van der Waals surface area contributed by atoms with Crippen LogP contribution < -0.4 is 5.32 Å². The van der Waals surface area contributed by atoms with Crippen molar-refractivity contribution in [3.63, 3.8) is 0 Å². The molecule has 2 aromatic carbocycles. The third kappa shape index (κ3) is 7.06. The van der Waals surface area contributed by atoms with Crippen molar-refractivity contribution in [1.82, 2.24) is 39.7 Å². The zero-order valence-electron chi connectivity index (χ0n) is 32.5. The van der Waals surface area contributed by atoms with Gasteiger partial charge in [-0.15, -0.1) is 0 Å². The minimum atomic E-state index is -0.555. The highest BCUT2D eigenvalue weighted by atomic mass is 16.6. The van der Waals surface area contributed by atoms with Crippen LogP contribution in [0, 0.1) is 0 Å². The second-order valence-electron chi connectivity index (χ2n) is 16.4. The molecule has 57 heavy (non-hydrogen) atoms. The summed E-state index contributed by atoms with van der Waals surface area (Å²) in [6, 6.07) is 20.2. The van der Waals surface area contributed by atoms with E-state index in [0.717, 1.165) is 81.3 Å². The maximum atomic E-state index is 13.8. The van der Waals surface area contributed by atoms with Crippen molar-refractivity contribution in [2.24, 2.45) is 0 Å². The number of carbonyl (C=O) groups excluding carboxylic acids is 3. The van der Waals surface area contributed by atoms with Crippen LogP contribution in [0.15, 0.2) is 79.3 Å². The third-order valence-electron chi connectivity index (χ3n) is 11.5. The zero-order chi connectivity index (χ0) is 39.4. The highest BCUT2D eigenvalue weighted by molar-refractivity contribution is 5.89. The Bertz CT molecular complexity index is 2490. The predicted octanol–water partition coefficient (Wildman–Crippen LogP) is 8.07. The van der Waals surface area contributed by atoms with Crippen molar-refractivity contribution in [3.8, 4) is 33.8 Å². The van der Waals surface area contributed by atoms with E-state index in [1.807, 2.05) is 51.4 Å². The smallest absolute Gasteiger partial charge is 0.410 e. The van der Waals surface area contributed by atoms with E-state index in [2.05, 4.69) is 73.5 Å². The fourth-order valence-electron chi connectivity index (χ4n) is 8.75. The number of hydrogen-bond acceptors (Lipinski definition) is 8. The summed E-state index contributed by atoms with van der Waals surface area (Å²) in [6.07, 6.45) is 8.44. The van der Waals surface area contributed by atoms with Gasteiger partial charge in [0.25, 0.3) is 0 Å². The van der Waals surface area contributed by atoms with Crippen molar-refractivity contribution < 1.29 is 23.9 Å². The number of aromatic amines is 2. The molecule has 2 amide bonds. The van der Waals surface area contributed by atoms with Gasteiger partial charge in [0.05, 0.1) is 54.1 Å². The molecular formula is C44H46N8O5. The van der Waals surface area contributed by atoms with E-state index >= 15 is 0 Å². The number of aromatic nitrogens is 6. The average Bonchev–Trinajstić information content (AvgIpc) is 4.03. The largest absolute Gasteiger partial charge is 0.453 e. The van der Waals surface area contributed by atoms with Crippen LogP contribution in [0.1, 0.15) is 87.2 Å². The minimum Gasteiger partial charge on any atom is -0.453 e. The molecule has 0 bridgehead atoms. The van der Waals surface area contributed by atoms with Gasteiger partial charge in [0.15, 0.2) is 0 Å². The van der Waals surface area contributed by atoms with Gasteiger partial charge in [0.1, 0.15) is 23.0 Å². The molecule has 1 aliphatic carbocycles. The van der Waals surface area contributed by atoms with E-state index in [1.165, 1.54) is 12.7 Å². The van der Waals surface area contributed by atoms with Gasteiger partial charge >= 0.3 is 12.2 Å². The van der Waals surface area contributed by atoms with Crippen LogP contribution >= 0.6 is 0 Å². The molecular weight excluding hydrogens is 721 g/mol. The van der Waals surface area contributed by atoms with Crippen molar-refractivity contribution >= 4 is 28.9 Å². The van der Waals surface area contributed by atoms with E-state index in [0.29, 0.717) is 25.9 Å². The first kappa shape index (κ1) is 36.4. The molecule has 13 nitrogen and oxygen atoms in total. The van der Waals surface area contributed by atoms with Gasteiger partial charge in [-0.1, -0.05) is 36.4 Å². The standard InChI is InChI=1S/C44H46N8O5/c1-44(2,3)57-43(55)52-18-5-6-36(52)41-46-23-35(49-41)29-13-15-32-28(20-29)12-14-31(47-32)25-7-9-26(10-8-25)34-22-45-40(48-34)30-21-37(53)38-33(50-42(54)56-4)16-11-27-17-19-51(24-30)39(27)38/h7-10,12-15,17,19-20,22-23,30,33,36,38H,5-6,11,16,18,21,24H2,1-4H3,(H,45,48)(H,46,49)(H,50,54)/t30-,33-,36-,38?/m0/s1. The number of carbonyl (C=O) groups is 3. The monoisotopic (exact) mass is 766 g/mol. The van der Waals surface area contributed by atoms with Crippen molar-refractivity contribution in [1.29, 1.82) is 0 Å². The molecule has 3 aliphatic rings. The number of fused-ring (bicyclic) bond motifs is 1. The fraction of sp³-hybridized carbons (Fsp3) is 0.364. The number of rotatable bonds is 6. The highest BCUT2D eigenvalue weighted by Crippen LogP contribution is 2.40. The van der Waals surface area contributed by atoms with E-state index in [4.69, 9.17) is 19.4 Å². The summed E-state index contributed by atoms with van der Waals surface area (Å²) in [5.41, 5.74) is 8.08.